The van der Waals surface area contributed by atoms with E-state index in [1.54, 1.807) is 41.5 Å². The van der Waals surface area contributed by atoms with Crippen LogP contribution >= 0.6 is 0 Å². The van der Waals surface area contributed by atoms with Crippen LogP contribution in [-0.4, -0.2) is 35.8 Å². The summed E-state index contributed by atoms with van der Waals surface area (Å²) in [5.74, 6) is -0.356. The normalized spacial score (nSPS) is 22.1. The molecule has 0 spiro atoms. The van der Waals surface area contributed by atoms with Crippen LogP contribution in [0, 0.1) is 28.6 Å². The average molecular weight is 333 g/mol. The molecular formula is C18H15N5O2. The van der Waals surface area contributed by atoms with Crippen LogP contribution in [0.4, 0.5) is 5.82 Å². The number of hydrogen-bond acceptors (Lipinski definition) is 6. The van der Waals surface area contributed by atoms with Gasteiger partial charge in [-0.3, -0.25) is 9.59 Å². The van der Waals surface area contributed by atoms with Crippen molar-refractivity contribution in [2.75, 3.05) is 18.0 Å². The minimum atomic E-state index is -0.659. The molecule has 124 valence electrons. The first-order chi connectivity index (χ1) is 12.1. The molecule has 2 heterocycles. The first-order valence-electron chi connectivity index (χ1n) is 7.83. The zero-order valence-electron chi connectivity index (χ0n) is 13.3. The fourth-order valence-corrected chi connectivity index (χ4v) is 2.90. The molecule has 7 heteroatoms. The Kier molecular flexibility index (Phi) is 4.58. The lowest BCUT2D eigenvalue weighted by atomic mass is 9.95. The summed E-state index contributed by atoms with van der Waals surface area (Å²) in [5.41, 5.74) is 0.870. The van der Waals surface area contributed by atoms with Crippen molar-refractivity contribution in [2.24, 2.45) is 5.92 Å². The average Bonchev–Trinajstić information content (AvgIpc) is 3.02. The van der Waals surface area contributed by atoms with Crippen molar-refractivity contribution < 1.29 is 9.59 Å². The van der Waals surface area contributed by atoms with Crippen LogP contribution in [-0.2, 0) is 9.59 Å². The number of Topliss-reactive ketones (excluding diaryl/α,β-unsaturated/α-hetero) is 1. The summed E-state index contributed by atoms with van der Waals surface area (Å²) in [6.07, 6.45) is 6.98. The fraction of sp³-hybridized carbons (Fsp3) is 0.278. The molecular weight excluding hydrogens is 318 g/mol. The van der Waals surface area contributed by atoms with Crippen molar-refractivity contribution in [2.45, 2.75) is 12.5 Å². The van der Waals surface area contributed by atoms with Crippen LogP contribution in [0.25, 0.3) is 0 Å². The Balaban J connectivity index is 1.69. The van der Waals surface area contributed by atoms with Crippen LogP contribution in [0.1, 0.15) is 12.0 Å². The second-order valence-corrected chi connectivity index (χ2v) is 5.88. The molecule has 3 rings (SSSR count). The molecule has 2 aliphatic rings. The highest BCUT2D eigenvalue weighted by atomic mass is 16.2. The van der Waals surface area contributed by atoms with E-state index in [-0.39, 0.29) is 30.7 Å². The molecule has 1 fully saturated rings. The highest BCUT2D eigenvalue weighted by Gasteiger charge is 2.34. The Morgan fingerprint density at radius 3 is 3.00 bits per heavy atom. The number of ketones is 1. The lowest BCUT2D eigenvalue weighted by Gasteiger charge is -2.18. The third-order valence-corrected chi connectivity index (χ3v) is 4.19. The van der Waals surface area contributed by atoms with Crippen LogP contribution < -0.4 is 10.2 Å². The van der Waals surface area contributed by atoms with E-state index in [4.69, 9.17) is 10.5 Å². The van der Waals surface area contributed by atoms with Gasteiger partial charge in [-0.15, -0.1) is 0 Å². The molecule has 0 aromatic carbocycles. The van der Waals surface area contributed by atoms with Gasteiger partial charge < -0.3 is 10.2 Å². The number of rotatable bonds is 3. The SMILES string of the molecule is N#Cc1cccnc1N1CC(=O)C(NC(=O)C2=CC=CC(C#N)C2)C1. The number of nitriles is 2. The molecule has 1 aromatic heterocycles. The number of allylic oxidation sites excluding steroid dienone is 3. The number of nitrogens with one attached hydrogen (secondary N) is 1. The van der Waals surface area contributed by atoms with E-state index in [2.05, 4.69) is 22.4 Å². The van der Waals surface area contributed by atoms with E-state index in [0.29, 0.717) is 23.4 Å². The molecule has 1 aliphatic heterocycles. The van der Waals surface area contributed by atoms with E-state index in [0.717, 1.165) is 0 Å². The van der Waals surface area contributed by atoms with Crippen LogP contribution in [0.5, 0.6) is 0 Å². The minimum absolute atomic E-state index is 0.0937. The van der Waals surface area contributed by atoms with E-state index >= 15 is 0 Å². The van der Waals surface area contributed by atoms with Crippen molar-refractivity contribution in [3.05, 3.63) is 47.7 Å². The maximum atomic E-state index is 12.4. The van der Waals surface area contributed by atoms with Gasteiger partial charge >= 0.3 is 0 Å². The number of anilines is 1. The lowest BCUT2D eigenvalue weighted by Crippen LogP contribution is -2.41. The molecule has 1 N–H and O–H groups in total. The number of amides is 1. The molecule has 0 radical (unpaired) electrons. The summed E-state index contributed by atoms with van der Waals surface area (Å²) in [6, 6.07) is 6.81. The second kappa shape index (κ2) is 6.98. The van der Waals surface area contributed by atoms with Crippen LogP contribution in [0.15, 0.2) is 42.1 Å². The maximum absolute atomic E-state index is 12.4. The predicted octanol–water partition coefficient (Wildman–Crippen LogP) is 0.853. The third kappa shape index (κ3) is 3.41. The van der Waals surface area contributed by atoms with Gasteiger partial charge in [-0.1, -0.05) is 18.2 Å². The van der Waals surface area contributed by atoms with Gasteiger partial charge in [0.15, 0.2) is 5.78 Å². The molecule has 7 nitrogen and oxygen atoms in total. The molecule has 1 aromatic rings. The van der Waals surface area contributed by atoms with Gasteiger partial charge in [0.1, 0.15) is 17.9 Å². The highest BCUT2D eigenvalue weighted by molar-refractivity contribution is 6.00. The van der Waals surface area contributed by atoms with Crippen LogP contribution in [0.2, 0.25) is 0 Å². The van der Waals surface area contributed by atoms with Crippen molar-refractivity contribution in [1.29, 1.82) is 10.5 Å². The third-order valence-electron chi connectivity index (χ3n) is 4.19. The Bertz CT molecular complexity index is 859. The lowest BCUT2D eigenvalue weighted by molar-refractivity contribution is -0.123. The van der Waals surface area contributed by atoms with E-state index < -0.39 is 6.04 Å². The molecule has 2 unspecified atom stereocenters. The number of nitrogens with zero attached hydrogens (tertiary/aromatic N) is 4. The Hall–Kier alpha value is -3.45. The Morgan fingerprint density at radius 1 is 1.40 bits per heavy atom. The summed E-state index contributed by atoms with van der Waals surface area (Å²) >= 11 is 0. The second-order valence-electron chi connectivity index (χ2n) is 5.88. The topological polar surface area (TPSA) is 110 Å². The van der Waals surface area contributed by atoms with Gasteiger partial charge in [-0.05, 0) is 18.6 Å². The fourth-order valence-electron chi connectivity index (χ4n) is 2.90. The van der Waals surface area contributed by atoms with Crippen molar-refractivity contribution in [1.82, 2.24) is 10.3 Å². The Morgan fingerprint density at radius 2 is 2.24 bits per heavy atom. The molecule has 1 amide bonds. The van der Waals surface area contributed by atoms with E-state index in [1.807, 2.05) is 0 Å². The van der Waals surface area contributed by atoms with Gasteiger partial charge in [-0.25, -0.2) is 4.98 Å². The monoisotopic (exact) mass is 333 g/mol. The van der Waals surface area contributed by atoms with Crippen molar-refractivity contribution >= 4 is 17.5 Å². The van der Waals surface area contributed by atoms with Gasteiger partial charge in [0.25, 0.3) is 0 Å². The number of hydrogen-bond donors (Lipinski definition) is 1. The van der Waals surface area contributed by atoms with Crippen molar-refractivity contribution in [3.63, 3.8) is 0 Å². The van der Waals surface area contributed by atoms with E-state index in [1.165, 1.54) is 0 Å². The van der Waals surface area contributed by atoms with Gasteiger partial charge in [0.05, 0.1) is 24.1 Å². The first kappa shape index (κ1) is 16.4. The number of carbonyl (C=O) groups excluding carboxylic acids is 2. The zero-order valence-corrected chi connectivity index (χ0v) is 13.3. The molecule has 0 saturated carbocycles. The number of pyridine rings is 1. The van der Waals surface area contributed by atoms with E-state index in [9.17, 15) is 9.59 Å². The largest absolute Gasteiger partial charge is 0.346 e. The maximum Gasteiger partial charge on any atom is 0.247 e. The standard InChI is InChI=1S/C18H15N5O2/c19-8-12-3-1-4-13(7-12)18(25)22-15-10-23(11-16(15)24)17-14(9-20)5-2-6-21-17/h1-6,12,15H,7,10-11H2,(H,22,25). The minimum Gasteiger partial charge on any atom is -0.346 e. The number of carbonyl (C=O) groups is 2. The molecule has 0 bridgehead atoms. The summed E-state index contributed by atoms with van der Waals surface area (Å²) in [4.78, 5) is 30.5. The summed E-state index contributed by atoms with van der Waals surface area (Å²) in [7, 11) is 0. The predicted molar refractivity (Wildman–Crippen MR) is 89.0 cm³/mol. The first-order valence-corrected chi connectivity index (χ1v) is 7.83. The summed E-state index contributed by atoms with van der Waals surface area (Å²) in [6.45, 7) is 0.359. The summed E-state index contributed by atoms with van der Waals surface area (Å²) in [5, 5.41) is 20.9. The van der Waals surface area contributed by atoms with Crippen LogP contribution in [0.3, 0.4) is 0 Å². The van der Waals surface area contributed by atoms with Gasteiger partial charge in [0, 0.05) is 18.3 Å². The molecule has 1 aliphatic carbocycles. The number of aromatic nitrogens is 1. The molecule has 25 heavy (non-hydrogen) atoms. The van der Waals surface area contributed by atoms with Gasteiger partial charge in [0.2, 0.25) is 5.91 Å². The Labute approximate surface area is 144 Å². The van der Waals surface area contributed by atoms with Crippen molar-refractivity contribution in [3.8, 4) is 12.1 Å². The molecule has 2 atom stereocenters. The summed E-state index contributed by atoms with van der Waals surface area (Å²) < 4.78 is 0. The smallest absolute Gasteiger partial charge is 0.247 e. The molecule has 1 saturated heterocycles. The quantitative estimate of drug-likeness (QED) is 0.878. The highest BCUT2D eigenvalue weighted by Crippen LogP contribution is 2.21. The van der Waals surface area contributed by atoms with Gasteiger partial charge in [-0.2, -0.15) is 10.5 Å². The zero-order chi connectivity index (χ0) is 17.8.